The molecule has 1 aliphatic rings. The molecule has 0 bridgehead atoms. The van der Waals surface area contributed by atoms with Crippen LogP contribution in [-0.4, -0.2) is 18.0 Å². The highest BCUT2D eigenvalue weighted by molar-refractivity contribution is 7.09. The third kappa shape index (κ3) is 4.01. The summed E-state index contributed by atoms with van der Waals surface area (Å²) >= 11 is 7.63. The smallest absolute Gasteiger partial charge is 0.266 e. The summed E-state index contributed by atoms with van der Waals surface area (Å²) < 4.78 is 5.24. The molecule has 0 spiro atoms. The van der Waals surface area contributed by atoms with Crippen LogP contribution in [0.2, 0.25) is 5.02 Å². The van der Waals surface area contributed by atoms with Crippen LogP contribution < -0.4 is 10.1 Å². The van der Waals surface area contributed by atoms with Crippen LogP contribution in [0, 0.1) is 18.3 Å². The van der Waals surface area contributed by atoms with E-state index in [0.29, 0.717) is 28.1 Å². The fourth-order valence-corrected chi connectivity index (χ4v) is 3.40. The zero-order chi connectivity index (χ0) is 18.0. The van der Waals surface area contributed by atoms with E-state index in [-0.39, 0.29) is 5.57 Å². The van der Waals surface area contributed by atoms with Gasteiger partial charge in [-0.05, 0) is 37.5 Å². The molecule has 1 aliphatic carbocycles. The maximum Gasteiger partial charge on any atom is 0.266 e. The largest absolute Gasteiger partial charge is 0.495 e. The molecule has 3 rings (SSSR count). The van der Waals surface area contributed by atoms with Crippen molar-refractivity contribution in [2.75, 3.05) is 12.4 Å². The molecule has 1 aromatic carbocycles. The average molecular weight is 374 g/mol. The first kappa shape index (κ1) is 17.5. The first-order chi connectivity index (χ1) is 12.0. The number of hydrogen-bond donors (Lipinski definition) is 1. The molecule has 128 valence electrons. The lowest BCUT2D eigenvalue weighted by atomic mass is 10.1. The average Bonchev–Trinajstić information content (AvgIpc) is 3.34. The van der Waals surface area contributed by atoms with Crippen molar-refractivity contribution in [3.63, 3.8) is 0 Å². The molecule has 25 heavy (non-hydrogen) atoms. The first-order valence-electron chi connectivity index (χ1n) is 7.74. The van der Waals surface area contributed by atoms with Gasteiger partial charge in [0, 0.05) is 22.4 Å². The maximum absolute atomic E-state index is 12.5. The van der Waals surface area contributed by atoms with Gasteiger partial charge in [0.25, 0.3) is 5.91 Å². The normalized spacial score (nSPS) is 14.1. The monoisotopic (exact) mass is 373 g/mol. The Morgan fingerprint density at radius 1 is 1.52 bits per heavy atom. The van der Waals surface area contributed by atoms with Gasteiger partial charge in [-0.15, -0.1) is 11.3 Å². The van der Waals surface area contributed by atoms with E-state index in [1.807, 2.05) is 18.4 Å². The molecular formula is C18H16ClN3O2S. The van der Waals surface area contributed by atoms with Crippen molar-refractivity contribution in [1.82, 2.24) is 4.98 Å². The number of aryl methyl sites for hydroxylation is 1. The molecule has 0 saturated heterocycles. The summed E-state index contributed by atoms with van der Waals surface area (Å²) in [6, 6.07) is 5.27. The fraction of sp³-hybridized carbons (Fsp3) is 0.278. The summed E-state index contributed by atoms with van der Waals surface area (Å²) in [6.07, 6.45) is 3.84. The number of carbonyl (C=O) groups excluding carboxylic acids is 1. The van der Waals surface area contributed by atoms with Crippen LogP contribution in [-0.2, 0) is 4.79 Å². The lowest BCUT2D eigenvalue weighted by Gasteiger charge is -2.11. The van der Waals surface area contributed by atoms with E-state index in [4.69, 9.17) is 16.3 Å². The van der Waals surface area contributed by atoms with Gasteiger partial charge in [-0.1, -0.05) is 11.6 Å². The molecule has 1 aromatic heterocycles. The Kier molecular flexibility index (Phi) is 5.07. The van der Waals surface area contributed by atoms with Gasteiger partial charge in [0.15, 0.2) is 0 Å². The van der Waals surface area contributed by atoms with E-state index in [1.54, 1.807) is 23.5 Å². The summed E-state index contributed by atoms with van der Waals surface area (Å²) in [5, 5.41) is 15.5. The van der Waals surface area contributed by atoms with Crippen LogP contribution in [0.15, 0.2) is 23.1 Å². The number of amides is 1. The first-order valence-corrected chi connectivity index (χ1v) is 9.00. The Bertz CT molecular complexity index is 894. The number of anilines is 1. The number of benzene rings is 1. The highest BCUT2D eigenvalue weighted by atomic mass is 35.5. The molecule has 2 aromatic rings. The quantitative estimate of drug-likeness (QED) is 0.616. The number of rotatable bonds is 5. The lowest BCUT2D eigenvalue weighted by Crippen LogP contribution is -2.14. The molecule has 0 atom stereocenters. The number of carbonyl (C=O) groups is 1. The van der Waals surface area contributed by atoms with Gasteiger partial charge in [-0.3, -0.25) is 4.79 Å². The Hall–Kier alpha value is -2.36. The van der Waals surface area contributed by atoms with Crippen molar-refractivity contribution < 1.29 is 9.53 Å². The number of ether oxygens (including phenoxy) is 1. The molecule has 1 N–H and O–H groups in total. The second-order valence-electron chi connectivity index (χ2n) is 5.81. The Labute approximate surface area is 154 Å². The summed E-state index contributed by atoms with van der Waals surface area (Å²) in [5.41, 5.74) is 1.89. The third-order valence-corrected chi connectivity index (χ3v) is 5.29. The van der Waals surface area contributed by atoms with Crippen molar-refractivity contribution in [3.05, 3.63) is 44.4 Å². The van der Waals surface area contributed by atoms with Crippen LogP contribution in [0.3, 0.4) is 0 Å². The van der Waals surface area contributed by atoms with E-state index < -0.39 is 5.91 Å². The molecule has 0 unspecified atom stereocenters. The van der Waals surface area contributed by atoms with Gasteiger partial charge < -0.3 is 10.1 Å². The number of thiazole rings is 1. The van der Waals surface area contributed by atoms with Crippen molar-refractivity contribution >= 4 is 40.6 Å². The minimum atomic E-state index is -0.511. The predicted molar refractivity (Wildman–Crippen MR) is 99.0 cm³/mol. The van der Waals surface area contributed by atoms with Crippen LogP contribution in [0.25, 0.3) is 6.08 Å². The molecule has 5 nitrogen and oxygen atoms in total. The molecule has 0 radical (unpaired) electrons. The van der Waals surface area contributed by atoms with E-state index in [9.17, 15) is 10.1 Å². The number of nitriles is 1. The van der Waals surface area contributed by atoms with E-state index in [2.05, 4.69) is 10.3 Å². The number of halogens is 1. The van der Waals surface area contributed by atoms with Crippen LogP contribution in [0.1, 0.15) is 35.0 Å². The fourth-order valence-electron chi connectivity index (χ4n) is 2.30. The minimum Gasteiger partial charge on any atom is -0.495 e. The summed E-state index contributed by atoms with van der Waals surface area (Å²) in [7, 11) is 1.49. The van der Waals surface area contributed by atoms with Crippen molar-refractivity contribution in [1.29, 1.82) is 5.26 Å². The topological polar surface area (TPSA) is 75.0 Å². The van der Waals surface area contributed by atoms with Crippen molar-refractivity contribution in [2.24, 2.45) is 0 Å². The van der Waals surface area contributed by atoms with Crippen LogP contribution in [0.5, 0.6) is 5.75 Å². The van der Waals surface area contributed by atoms with E-state index >= 15 is 0 Å². The third-order valence-electron chi connectivity index (χ3n) is 3.85. The Morgan fingerprint density at radius 2 is 2.28 bits per heavy atom. The van der Waals surface area contributed by atoms with Crippen LogP contribution >= 0.6 is 22.9 Å². The van der Waals surface area contributed by atoms with Gasteiger partial charge in [0.1, 0.15) is 17.4 Å². The van der Waals surface area contributed by atoms with Gasteiger partial charge >= 0.3 is 0 Å². The molecule has 1 saturated carbocycles. The Morgan fingerprint density at radius 3 is 2.92 bits per heavy atom. The SMILES string of the molecule is COc1cc(Cl)c(C)cc1NC(=O)C(C#N)=Cc1csc(C2CC2)n1. The second kappa shape index (κ2) is 7.26. The Balaban J connectivity index is 1.81. The predicted octanol–water partition coefficient (Wildman–Crippen LogP) is 4.54. The van der Waals surface area contributed by atoms with Gasteiger partial charge in [0.05, 0.1) is 23.5 Å². The van der Waals surface area contributed by atoms with Crippen molar-refractivity contribution in [3.8, 4) is 11.8 Å². The molecule has 0 aliphatic heterocycles. The molecule has 1 amide bonds. The van der Waals surface area contributed by atoms with Crippen LogP contribution in [0.4, 0.5) is 5.69 Å². The summed E-state index contributed by atoms with van der Waals surface area (Å²) in [6.45, 7) is 1.83. The van der Waals surface area contributed by atoms with E-state index in [0.717, 1.165) is 23.4 Å². The highest BCUT2D eigenvalue weighted by Crippen LogP contribution is 2.41. The standard InChI is InChI=1S/C18H16ClN3O2S/c1-10-5-15(16(24-2)7-14(10)19)22-17(23)12(8-20)6-13-9-25-18(21-13)11-3-4-11/h5-7,9,11H,3-4H2,1-2H3,(H,22,23). The molecule has 7 heteroatoms. The molecule has 1 heterocycles. The highest BCUT2D eigenvalue weighted by Gasteiger charge is 2.26. The maximum atomic E-state index is 12.5. The van der Waals surface area contributed by atoms with E-state index in [1.165, 1.54) is 13.2 Å². The van der Waals surface area contributed by atoms with Crippen molar-refractivity contribution in [2.45, 2.75) is 25.7 Å². The second-order valence-corrected chi connectivity index (χ2v) is 7.11. The number of nitrogens with zero attached hydrogens (tertiary/aromatic N) is 2. The number of aromatic nitrogens is 1. The lowest BCUT2D eigenvalue weighted by molar-refractivity contribution is -0.112. The number of hydrogen-bond acceptors (Lipinski definition) is 5. The minimum absolute atomic E-state index is 0.0118. The van der Waals surface area contributed by atoms with Gasteiger partial charge in [-0.25, -0.2) is 4.98 Å². The number of nitrogens with one attached hydrogen (secondary N) is 1. The van der Waals surface area contributed by atoms with Gasteiger partial charge in [0.2, 0.25) is 0 Å². The summed E-state index contributed by atoms with van der Waals surface area (Å²) in [4.78, 5) is 16.9. The zero-order valence-corrected chi connectivity index (χ0v) is 15.4. The zero-order valence-electron chi connectivity index (χ0n) is 13.8. The molecule has 1 fully saturated rings. The summed E-state index contributed by atoms with van der Waals surface area (Å²) in [5.74, 6) is 0.474. The molecular weight excluding hydrogens is 358 g/mol. The van der Waals surface area contributed by atoms with Gasteiger partial charge in [-0.2, -0.15) is 5.26 Å². The number of methoxy groups -OCH3 is 1.